The molecule has 44 nitrogen and oxygen atoms in total. The molecule has 3 fully saturated rings. The van der Waals surface area contributed by atoms with Crippen LogP contribution in [0.4, 0.5) is 0 Å². The van der Waals surface area contributed by atoms with Crippen LogP contribution in [0.25, 0.3) is 10.9 Å². The SMILES string of the molecule is CSCC[C@H](NC(=O)[C@@H](NC(=O)[C@@H](NC(=O)[C@H](CS)NC(=O)[C@H]1CCCN1C(=O)[C@H](CC(C)C)NC(=O)CNC(=O)[C@H](CCSC)NC(=O)[C@H](CO)N[C@H]1CC(=O)NCC(=O)N[C@H](CC(N)=O)C(=O)N[C@@H](Cc2c[nH]c3ccccc23)C(=O)N[C@H](Cc2cnc[nH]2)C(=O)NCC(=O)N[C@H]([C@@H](C)O)C(=O)N[C@@H](C)C(=O)N2CCC[C@@H]2C(=O)N1)C(C)C)C(C)C)C(=O)O. The number of H-pyrrole nitrogens is 2. The van der Waals surface area contributed by atoms with Crippen LogP contribution in [-0.4, -0.2) is 318 Å². The Bertz CT molecular complexity index is 4350. The Balaban J connectivity index is 1.19. The molecular weight excluding hydrogens is 1710 g/mol. The molecule has 0 aliphatic carbocycles. The number of carboxylic acid groups (broad SMARTS) is 1. The third kappa shape index (κ3) is 31.7. The molecule has 5 heterocycles. The first kappa shape index (κ1) is 104. The molecule has 18 amide bonds. The Morgan fingerprint density at radius 1 is 0.627 bits per heavy atom. The monoisotopic (exact) mass is 1820 g/mol. The van der Waals surface area contributed by atoms with Crippen LogP contribution >= 0.6 is 36.2 Å². The molecule has 0 bridgehead atoms. The van der Waals surface area contributed by atoms with Crippen molar-refractivity contribution in [3.05, 3.63) is 54.2 Å². The van der Waals surface area contributed by atoms with Gasteiger partial charge in [-0.15, -0.1) is 0 Å². The van der Waals surface area contributed by atoms with Crippen molar-refractivity contribution >= 4 is 159 Å². The van der Waals surface area contributed by atoms with E-state index < -0.39 is 260 Å². The Labute approximate surface area is 741 Å². The smallest absolute Gasteiger partial charge is 0.326 e. The summed E-state index contributed by atoms with van der Waals surface area (Å²) in [6, 6.07) is -13.5. The molecule has 696 valence electrons. The second-order valence-corrected chi connectivity index (χ2v) is 34.3. The molecule has 23 N–H and O–H groups in total. The van der Waals surface area contributed by atoms with Gasteiger partial charge < -0.3 is 121 Å². The number of aliphatic carboxylic acids is 1. The number of rotatable bonds is 37. The van der Waals surface area contributed by atoms with Gasteiger partial charge >= 0.3 is 5.97 Å². The molecular formula is C79H120N22O22S3. The third-order valence-electron chi connectivity index (χ3n) is 20.9. The number of thiol groups is 1. The van der Waals surface area contributed by atoms with Gasteiger partial charge in [-0.2, -0.15) is 36.2 Å². The van der Waals surface area contributed by atoms with Crippen LogP contribution in [0.15, 0.2) is 43.0 Å². The van der Waals surface area contributed by atoms with Gasteiger partial charge in [0.2, 0.25) is 106 Å². The first-order valence-electron chi connectivity index (χ1n) is 41.4. The third-order valence-corrected chi connectivity index (χ3v) is 22.6. The second-order valence-electron chi connectivity index (χ2n) is 32.0. The number of aromatic amines is 2. The summed E-state index contributed by atoms with van der Waals surface area (Å²) in [6.07, 6.45) is 2.63. The summed E-state index contributed by atoms with van der Waals surface area (Å²) < 4.78 is 0. The van der Waals surface area contributed by atoms with E-state index >= 15 is 0 Å². The van der Waals surface area contributed by atoms with Crippen LogP contribution < -0.4 is 90.8 Å². The first-order valence-corrected chi connectivity index (χ1v) is 44.8. The summed E-state index contributed by atoms with van der Waals surface area (Å²) in [5, 5.41) is 72.2. The number of thioether (sulfide) groups is 2. The molecule has 0 unspecified atom stereocenters. The molecule has 126 heavy (non-hydrogen) atoms. The number of hydrogen-bond donors (Lipinski definition) is 23. The molecule has 3 aromatic rings. The van der Waals surface area contributed by atoms with Crippen LogP contribution in [0.1, 0.15) is 124 Å². The van der Waals surface area contributed by atoms with Crippen molar-refractivity contribution < 1.29 is 106 Å². The molecule has 47 heteroatoms. The Morgan fingerprint density at radius 3 is 1.84 bits per heavy atom. The molecule has 0 saturated carbocycles. The van der Waals surface area contributed by atoms with Crippen molar-refractivity contribution in [1.82, 2.24) is 110 Å². The molecule has 3 aliphatic heterocycles. The quantitative estimate of drug-likeness (QED) is 0.0239. The standard InChI is InChI=1S/C79H120N22O22S3/c1-38(2)25-52(78(121)101-22-14-17-55(101)72(115)95-54(36-124)71(114)98-64(40(5)6)75(118)99-63(39(3)4)74(117)92-48(79(122)123)20-24-126-10)90-61(107)33-84-66(109)47(19-23-125-9)91-70(113)53(35-102)88-58-29-59(105)83-32-60(106)89-51(28-57(80)104)69(112)93-49(26-43-30-82-46-16-12-11-15-45(43)46)68(111)94-50(27-44-31-81-37-86-44)67(110)85-34-62(108)97-65(42(8)103)76(119)87-41(7)77(120)100-21-13-18-56(100)73(116)96-58/h11-12,15-16,30-31,37-42,47-56,58,63-65,82,88,102-103,124H,13-14,17-29,32-36H2,1-10H3,(H2,80,104)(H,81,86)(H,83,105)(H,84,109)(H,85,110)(H,87,119)(H,89,106)(H,90,107)(H,91,113)(H,92,117)(H,93,112)(H,94,111)(H,95,115)(H,96,116)(H,97,108)(H,98,114)(H,99,118)(H,122,123)/t41-,42+,47-,48-,49-,50+,51+,52-,53-,54-,55+,56+,58+,63-,64-,65+/m0/s1. The van der Waals surface area contributed by atoms with E-state index in [4.69, 9.17) is 5.73 Å². The number of likely N-dealkylation sites (tertiary alicyclic amines) is 1. The van der Waals surface area contributed by atoms with E-state index in [9.17, 15) is 106 Å². The number of para-hydroxylation sites is 1. The molecule has 3 saturated heterocycles. The second kappa shape index (κ2) is 50.8. The number of amides is 18. The number of nitrogens with one attached hydrogen (secondary N) is 18. The summed E-state index contributed by atoms with van der Waals surface area (Å²) in [4.78, 5) is 277. The van der Waals surface area contributed by atoms with Crippen LogP contribution in [0, 0.1) is 17.8 Å². The van der Waals surface area contributed by atoms with Gasteiger partial charge in [0.1, 0.15) is 84.6 Å². The zero-order chi connectivity index (χ0) is 93.3. The zero-order valence-electron chi connectivity index (χ0n) is 71.9. The minimum absolute atomic E-state index is 0.0223. The maximum Gasteiger partial charge on any atom is 0.326 e. The lowest BCUT2D eigenvalue weighted by atomic mass is 9.99. The van der Waals surface area contributed by atoms with Crippen molar-refractivity contribution in [3.63, 3.8) is 0 Å². The zero-order valence-corrected chi connectivity index (χ0v) is 74.5. The van der Waals surface area contributed by atoms with Gasteiger partial charge in [-0.25, -0.2) is 9.78 Å². The Hall–Kier alpha value is -11.2. The number of nitrogens with zero attached hydrogens (tertiary/aromatic N) is 3. The fourth-order valence-corrected chi connectivity index (χ4v) is 15.4. The van der Waals surface area contributed by atoms with Gasteiger partial charge in [0.15, 0.2) is 0 Å². The number of fused-ring (bicyclic) bond motifs is 2. The fourth-order valence-electron chi connectivity index (χ4n) is 14.2. The fraction of sp³-hybridized carbons (Fsp3) is 0.620. The molecule has 2 aromatic heterocycles. The number of nitrogens with two attached hydrogens (primary N) is 1. The van der Waals surface area contributed by atoms with Crippen molar-refractivity contribution in [3.8, 4) is 0 Å². The number of aliphatic hydroxyl groups excluding tert-OH is 2. The summed E-state index contributed by atoms with van der Waals surface area (Å²) in [6.45, 7) is 8.75. The Kier molecular flexibility index (Phi) is 41.8. The minimum Gasteiger partial charge on any atom is -0.480 e. The summed E-state index contributed by atoms with van der Waals surface area (Å²) >= 11 is 6.96. The molecule has 16 atom stereocenters. The predicted molar refractivity (Wildman–Crippen MR) is 462 cm³/mol. The normalized spacial score (nSPS) is 21.9. The largest absolute Gasteiger partial charge is 0.480 e. The van der Waals surface area contributed by atoms with E-state index in [1.807, 2.05) is 0 Å². The summed E-state index contributed by atoms with van der Waals surface area (Å²) in [5.74, 6) is -19.3. The lowest BCUT2D eigenvalue weighted by Gasteiger charge is -2.31. The van der Waals surface area contributed by atoms with Gasteiger partial charge in [-0.1, -0.05) is 59.7 Å². The van der Waals surface area contributed by atoms with E-state index in [0.717, 1.165) is 11.8 Å². The number of imidazole rings is 1. The van der Waals surface area contributed by atoms with Crippen LogP contribution in [0.5, 0.6) is 0 Å². The van der Waals surface area contributed by atoms with Crippen molar-refractivity contribution in [2.24, 2.45) is 23.5 Å². The van der Waals surface area contributed by atoms with Gasteiger partial charge in [0, 0.05) is 60.7 Å². The van der Waals surface area contributed by atoms with E-state index in [0.29, 0.717) is 34.3 Å². The van der Waals surface area contributed by atoms with E-state index in [1.165, 1.54) is 47.9 Å². The van der Waals surface area contributed by atoms with Crippen LogP contribution in [0.3, 0.4) is 0 Å². The summed E-state index contributed by atoms with van der Waals surface area (Å²) in [5.41, 5.74) is 7.00. The number of carbonyl (C=O) groups is 19. The molecule has 3 aliphatic rings. The van der Waals surface area contributed by atoms with E-state index in [-0.39, 0.29) is 81.9 Å². The number of hydrogen-bond acceptors (Lipinski definition) is 26. The highest BCUT2D eigenvalue weighted by Gasteiger charge is 2.44. The van der Waals surface area contributed by atoms with Crippen LogP contribution in [-0.2, 0) is 104 Å². The lowest BCUT2D eigenvalue weighted by Crippen LogP contribution is -2.62. The minimum atomic E-state index is -1.85. The highest BCUT2D eigenvalue weighted by atomic mass is 32.2. The number of carboxylic acids is 1. The van der Waals surface area contributed by atoms with Gasteiger partial charge in [-0.05, 0) is 112 Å². The van der Waals surface area contributed by atoms with Gasteiger partial charge in [0.25, 0.3) is 0 Å². The topological polar surface area (TPSA) is 654 Å². The van der Waals surface area contributed by atoms with Crippen molar-refractivity contribution in [1.29, 1.82) is 0 Å². The van der Waals surface area contributed by atoms with E-state index in [1.54, 1.807) is 84.5 Å². The number of aromatic nitrogens is 3. The number of aliphatic hydroxyl groups is 2. The lowest BCUT2D eigenvalue weighted by molar-refractivity contribution is -0.143. The maximum absolute atomic E-state index is 14.6. The Morgan fingerprint density at radius 2 is 1.23 bits per heavy atom. The van der Waals surface area contributed by atoms with Crippen LogP contribution in [0.2, 0.25) is 0 Å². The maximum atomic E-state index is 14.6. The van der Waals surface area contributed by atoms with Crippen molar-refractivity contribution in [2.75, 3.05) is 69.1 Å². The number of benzene rings is 1. The average Bonchev–Trinajstić information content (AvgIpc) is 1.67. The first-order chi connectivity index (χ1) is 59.7. The van der Waals surface area contributed by atoms with Gasteiger partial charge in [-0.3, -0.25) is 91.6 Å². The predicted octanol–water partition coefficient (Wildman–Crippen LogP) is -6.71. The number of carbonyl (C=O) groups excluding carboxylic acids is 18. The molecule has 0 spiro atoms. The highest BCUT2D eigenvalue weighted by Crippen LogP contribution is 2.24. The molecule has 1 aromatic carbocycles. The average molecular weight is 1830 g/mol. The highest BCUT2D eigenvalue weighted by molar-refractivity contribution is 7.98. The van der Waals surface area contributed by atoms with E-state index in [2.05, 4.69) is 113 Å². The van der Waals surface area contributed by atoms with Gasteiger partial charge in [0.05, 0.1) is 57.7 Å². The molecule has 0 radical (unpaired) electrons. The molecule has 6 rings (SSSR count). The summed E-state index contributed by atoms with van der Waals surface area (Å²) in [7, 11) is 0. The number of primary amides is 1. The van der Waals surface area contributed by atoms with Crippen molar-refractivity contribution in [2.45, 2.75) is 223 Å².